The van der Waals surface area contributed by atoms with Gasteiger partial charge in [-0.15, -0.1) is 6.58 Å². The molecule has 3 atom stereocenters. The van der Waals surface area contributed by atoms with E-state index >= 15 is 0 Å². The number of benzene rings is 1. The Balaban J connectivity index is 2.75. The fourth-order valence-corrected chi connectivity index (χ4v) is 1.55. The predicted octanol–water partition coefficient (Wildman–Crippen LogP) is 2.97. The molecule has 0 unspecified atom stereocenters. The van der Waals surface area contributed by atoms with Crippen molar-refractivity contribution in [2.24, 2.45) is 5.92 Å². The van der Waals surface area contributed by atoms with Gasteiger partial charge >= 0.3 is 0 Å². The fourth-order valence-electron chi connectivity index (χ4n) is 1.55. The molecule has 0 amide bonds. The second-order valence-corrected chi connectivity index (χ2v) is 3.78. The second kappa shape index (κ2) is 4.97. The zero-order valence-electron chi connectivity index (χ0n) is 8.85. The Kier molecular flexibility index (Phi) is 3.90. The molecule has 1 aromatic rings. The van der Waals surface area contributed by atoms with E-state index in [0.29, 0.717) is 0 Å². The lowest BCUT2D eigenvalue weighted by molar-refractivity contribution is 0.114. The molecule has 1 heteroatoms. The van der Waals surface area contributed by atoms with E-state index in [9.17, 15) is 5.11 Å². The summed E-state index contributed by atoms with van der Waals surface area (Å²) in [7, 11) is 0. The topological polar surface area (TPSA) is 20.2 Å². The Morgan fingerprint density at radius 3 is 2.29 bits per heavy atom. The zero-order chi connectivity index (χ0) is 10.6. The molecule has 76 valence electrons. The van der Waals surface area contributed by atoms with Crippen molar-refractivity contribution in [3.63, 3.8) is 0 Å². The van der Waals surface area contributed by atoms with Gasteiger partial charge in [0.25, 0.3) is 0 Å². The predicted molar refractivity (Wildman–Crippen MR) is 60.2 cm³/mol. The van der Waals surface area contributed by atoms with E-state index in [0.717, 1.165) is 0 Å². The highest BCUT2D eigenvalue weighted by atomic mass is 16.3. The second-order valence-electron chi connectivity index (χ2n) is 3.78. The van der Waals surface area contributed by atoms with E-state index < -0.39 is 0 Å². The molecule has 0 aliphatic carbocycles. The lowest BCUT2D eigenvalue weighted by atomic mass is 9.88. The summed E-state index contributed by atoms with van der Waals surface area (Å²) in [5.41, 5.74) is 1.17. The summed E-state index contributed by atoms with van der Waals surface area (Å²) in [5, 5.41) is 9.97. The third kappa shape index (κ3) is 2.46. The zero-order valence-corrected chi connectivity index (χ0v) is 8.85. The number of aliphatic hydroxyl groups excluding tert-OH is 1. The monoisotopic (exact) mass is 190 g/mol. The SMILES string of the molecule is C=C[C@@H](C)[C@H](O)[C@H](C)c1ccccc1. The molecule has 0 aliphatic heterocycles. The molecule has 1 rings (SSSR count). The summed E-state index contributed by atoms with van der Waals surface area (Å²) in [6, 6.07) is 10.1. The molecular formula is C13H18O. The summed E-state index contributed by atoms with van der Waals surface area (Å²) in [5.74, 6) is 0.286. The minimum Gasteiger partial charge on any atom is -0.392 e. The molecule has 0 saturated heterocycles. The summed E-state index contributed by atoms with van der Waals surface area (Å²) in [6.45, 7) is 7.72. The average molecular weight is 190 g/mol. The molecule has 1 N–H and O–H groups in total. The minimum absolute atomic E-state index is 0.130. The maximum atomic E-state index is 9.97. The Bertz CT molecular complexity index is 279. The van der Waals surface area contributed by atoms with E-state index in [1.165, 1.54) is 5.56 Å². The Hall–Kier alpha value is -1.08. The highest BCUT2D eigenvalue weighted by molar-refractivity contribution is 5.20. The summed E-state index contributed by atoms with van der Waals surface area (Å²) < 4.78 is 0. The number of rotatable bonds is 4. The molecule has 0 aliphatic rings. The highest BCUT2D eigenvalue weighted by Gasteiger charge is 2.19. The number of hydrogen-bond acceptors (Lipinski definition) is 1. The van der Waals surface area contributed by atoms with Crippen LogP contribution >= 0.6 is 0 Å². The van der Waals surface area contributed by atoms with Crippen LogP contribution in [0, 0.1) is 5.92 Å². The van der Waals surface area contributed by atoms with Crippen molar-refractivity contribution in [1.29, 1.82) is 0 Å². The first-order chi connectivity index (χ1) is 6.66. The third-order valence-electron chi connectivity index (χ3n) is 2.75. The standard InChI is InChI=1S/C13H18O/c1-4-10(2)13(14)11(3)12-8-6-5-7-9-12/h4-11,13-14H,1H2,2-3H3/t10-,11-,13+/m1/s1. The van der Waals surface area contributed by atoms with E-state index in [1.807, 2.05) is 44.2 Å². The summed E-state index contributed by atoms with van der Waals surface area (Å²) in [6.07, 6.45) is 1.44. The molecule has 0 aromatic heterocycles. The van der Waals surface area contributed by atoms with E-state index in [2.05, 4.69) is 6.58 Å². The quantitative estimate of drug-likeness (QED) is 0.724. The van der Waals surface area contributed by atoms with Crippen molar-refractivity contribution >= 4 is 0 Å². The fraction of sp³-hybridized carbons (Fsp3) is 0.385. The van der Waals surface area contributed by atoms with Gasteiger partial charge in [0.1, 0.15) is 0 Å². The molecule has 0 bridgehead atoms. The molecule has 0 spiro atoms. The van der Waals surface area contributed by atoms with Crippen LogP contribution in [0.5, 0.6) is 0 Å². The van der Waals surface area contributed by atoms with Crippen LogP contribution < -0.4 is 0 Å². The van der Waals surface area contributed by atoms with Gasteiger partial charge in [-0.3, -0.25) is 0 Å². The van der Waals surface area contributed by atoms with Gasteiger partial charge in [-0.2, -0.15) is 0 Å². The van der Waals surface area contributed by atoms with Gasteiger partial charge in [0.2, 0.25) is 0 Å². The van der Waals surface area contributed by atoms with Gasteiger partial charge in [0.05, 0.1) is 6.10 Å². The number of aliphatic hydroxyl groups is 1. The van der Waals surface area contributed by atoms with Crippen LogP contribution in [0.15, 0.2) is 43.0 Å². The van der Waals surface area contributed by atoms with Crippen LogP contribution in [0.2, 0.25) is 0 Å². The lowest BCUT2D eigenvalue weighted by Crippen LogP contribution is -2.22. The minimum atomic E-state index is -0.352. The average Bonchev–Trinajstić information content (AvgIpc) is 2.27. The van der Waals surface area contributed by atoms with Crippen molar-refractivity contribution in [2.75, 3.05) is 0 Å². The Morgan fingerprint density at radius 2 is 1.79 bits per heavy atom. The molecule has 1 nitrogen and oxygen atoms in total. The van der Waals surface area contributed by atoms with Crippen molar-refractivity contribution in [3.05, 3.63) is 48.6 Å². The molecule has 0 saturated carbocycles. The summed E-state index contributed by atoms with van der Waals surface area (Å²) in [4.78, 5) is 0. The first kappa shape index (κ1) is 11.0. The maximum Gasteiger partial charge on any atom is 0.0665 e. The first-order valence-electron chi connectivity index (χ1n) is 5.02. The largest absolute Gasteiger partial charge is 0.392 e. The molecule has 0 fully saturated rings. The Morgan fingerprint density at radius 1 is 1.21 bits per heavy atom. The van der Waals surface area contributed by atoms with Gasteiger partial charge in [-0.1, -0.05) is 50.3 Å². The highest BCUT2D eigenvalue weighted by Crippen LogP contribution is 2.23. The van der Waals surface area contributed by atoms with Crippen molar-refractivity contribution in [1.82, 2.24) is 0 Å². The van der Waals surface area contributed by atoms with E-state index in [4.69, 9.17) is 0 Å². The van der Waals surface area contributed by atoms with E-state index in [1.54, 1.807) is 6.08 Å². The molecule has 0 heterocycles. The van der Waals surface area contributed by atoms with Crippen molar-refractivity contribution in [2.45, 2.75) is 25.9 Å². The maximum absolute atomic E-state index is 9.97. The van der Waals surface area contributed by atoms with Crippen LogP contribution in [0.4, 0.5) is 0 Å². The van der Waals surface area contributed by atoms with Crippen LogP contribution in [-0.4, -0.2) is 11.2 Å². The van der Waals surface area contributed by atoms with Crippen LogP contribution in [-0.2, 0) is 0 Å². The molecule has 0 radical (unpaired) electrons. The molecular weight excluding hydrogens is 172 g/mol. The van der Waals surface area contributed by atoms with Gasteiger partial charge in [0, 0.05) is 11.8 Å². The van der Waals surface area contributed by atoms with Crippen LogP contribution in [0.25, 0.3) is 0 Å². The number of hydrogen-bond donors (Lipinski definition) is 1. The van der Waals surface area contributed by atoms with Gasteiger partial charge < -0.3 is 5.11 Å². The van der Waals surface area contributed by atoms with Gasteiger partial charge in [-0.05, 0) is 5.56 Å². The third-order valence-corrected chi connectivity index (χ3v) is 2.75. The smallest absolute Gasteiger partial charge is 0.0665 e. The Labute approximate surface area is 86.1 Å². The lowest BCUT2D eigenvalue weighted by Gasteiger charge is -2.22. The van der Waals surface area contributed by atoms with Crippen molar-refractivity contribution < 1.29 is 5.11 Å². The molecule has 1 aromatic carbocycles. The van der Waals surface area contributed by atoms with Gasteiger partial charge in [0.15, 0.2) is 0 Å². The summed E-state index contributed by atoms with van der Waals surface area (Å²) >= 11 is 0. The first-order valence-corrected chi connectivity index (χ1v) is 5.02. The normalized spacial score (nSPS) is 17.1. The van der Waals surface area contributed by atoms with Crippen molar-refractivity contribution in [3.8, 4) is 0 Å². The van der Waals surface area contributed by atoms with E-state index in [-0.39, 0.29) is 17.9 Å². The van der Waals surface area contributed by atoms with Gasteiger partial charge in [-0.25, -0.2) is 0 Å². The van der Waals surface area contributed by atoms with Crippen LogP contribution in [0.1, 0.15) is 25.3 Å². The molecule has 14 heavy (non-hydrogen) atoms. The van der Waals surface area contributed by atoms with Crippen LogP contribution in [0.3, 0.4) is 0 Å².